The molecule has 0 unspecified atom stereocenters. The molecule has 2 N–H and O–H groups in total. The van der Waals surface area contributed by atoms with E-state index in [1.165, 1.54) is 12.1 Å². The van der Waals surface area contributed by atoms with Crippen molar-refractivity contribution < 1.29 is 4.39 Å². The van der Waals surface area contributed by atoms with Gasteiger partial charge in [0, 0.05) is 25.5 Å². The number of nitrogens with zero attached hydrogens (tertiary/aromatic N) is 3. The number of rotatable bonds is 7. The predicted octanol–water partition coefficient (Wildman–Crippen LogP) is 3.93. The van der Waals surface area contributed by atoms with Crippen molar-refractivity contribution in [1.29, 1.82) is 0 Å². The average Bonchev–Trinajstić information content (AvgIpc) is 3.23. The standard InChI is InChI=1S/C21H24FN5.HI/c1-2-23-21(24-14-12-17-4-8-19(22)9-5-17)25-16-18-6-10-20(11-7-18)27-15-3-13-26-27;/h3-11,13,15H,2,12,14,16H2,1H3,(H2,23,24,25);1H. The summed E-state index contributed by atoms with van der Waals surface area (Å²) in [6.45, 7) is 4.15. The molecule has 3 rings (SSSR count). The molecule has 2 aromatic carbocycles. The molecular formula is C21H25FIN5. The second-order valence-electron chi connectivity index (χ2n) is 6.12. The molecule has 0 aliphatic rings. The molecule has 1 heterocycles. The van der Waals surface area contributed by atoms with Crippen molar-refractivity contribution >= 4 is 29.9 Å². The molecule has 7 heteroatoms. The first-order valence-electron chi connectivity index (χ1n) is 9.10. The number of guanidine groups is 1. The highest BCUT2D eigenvalue weighted by Gasteiger charge is 2.00. The second-order valence-corrected chi connectivity index (χ2v) is 6.12. The van der Waals surface area contributed by atoms with E-state index in [2.05, 4.69) is 32.9 Å². The molecular weight excluding hydrogens is 468 g/mol. The predicted molar refractivity (Wildman–Crippen MR) is 122 cm³/mol. The van der Waals surface area contributed by atoms with Crippen LogP contribution in [-0.4, -0.2) is 28.8 Å². The van der Waals surface area contributed by atoms with E-state index in [1.54, 1.807) is 6.20 Å². The zero-order chi connectivity index (χ0) is 18.9. The highest BCUT2D eigenvalue weighted by atomic mass is 127. The van der Waals surface area contributed by atoms with Crippen molar-refractivity contribution in [2.75, 3.05) is 13.1 Å². The Balaban J connectivity index is 0.00000280. The Morgan fingerprint density at radius 3 is 2.39 bits per heavy atom. The van der Waals surface area contributed by atoms with E-state index in [0.717, 1.165) is 42.3 Å². The average molecular weight is 493 g/mol. The summed E-state index contributed by atoms with van der Waals surface area (Å²) in [7, 11) is 0. The summed E-state index contributed by atoms with van der Waals surface area (Å²) in [6, 6.07) is 16.7. The van der Waals surface area contributed by atoms with Crippen LogP contribution in [0.15, 0.2) is 72.0 Å². The molecule has 1 aromatic heterocycles. The molecule has 0 atom stereocenters. The van der Waals surface area contributed by atoms with Crippen LogP contribution in [-0.2, 0) is 13.0 Å². The number of aromatic nitrogens is 2. The van der Waals surface area contributed by atoms with Gasteiger partial charge in [0.1, 0.15) is 5.82 Å². The number of aliphatic imine (C=N–C) groups is 1. The van der Waals surface area contributed by atoms with Crippen molar-refractivity contribution in [3.8, 4) is 5.69 Å². The summed E-state index contributed by atoms with van der Waals surface area (Å²) >= 11 is 0. The summed E-state index contributed by atoms with van der Waals surface area (Å²) < 4.78 is 14.8. The van der Waals surface area contributed by atoms with Gasteiger partial charge in [0.05, 0.1) is 12.2 Å². The molecule has 0 spiro atoms. The van der Waals surface area contributed by atoms with Gasteiger partial charge >= 0.3 is 0 Å². The van der Waals surface area contributed by atoms with Crippen molar-refractivity contribution in [3.63, 3.8) is 0 Å². The zero-order valence-electron chi connectivity index (χ0n) is 15.8. The van der Waals surface area contributed by atoms with E-state index in [0.29, 0.717) is 6.54 Å². The third kappa shape index (κ3) is 6.63. The minimum absolute atomic E-state index is 0. The topological polar surface area (TPSA) is 54.2 Å². The molecule has 0 saturated carbocycles. The highest BCUT2D eigenvalue weighted by Crippen LogP contribution is 2.09. The lowest BCUT2D eigenvalue weighted by molar-refractivity contribution is 0.626. The number of halogens is 2. The first-order chi connectivity index (χ1) is 13.2. The van der Waals surface area contributed by atoms with Crippen LogP contribution in [0.1, 0.15) is 18.1 Å². The number of benzene rings is 2. The Hall–Kier alpha value is -2.42. The van der Waals surface area contributed by atoms with Gasteiger partial charge in [-0.1, -0.05) is 24.3 Å². The van der Waals surface area contributed by atoms with E-state index in [9.17, 15) is 4.39 Å². The van der Waals surface area contributed by atoms with E-state index < -0.39 is 0 Å². The highest BCUT2D eigenvalue weighted by molar-refractivity contribution is 14.0. The van der Waals surface area contributed by atoms with Crippen molar-refractivity contribution in [2.45, 2.75) is 19.9 Å². The molecule has 0 fully saturated rings. The molecule has 28 heavy (non-hydrogen) atoms. The number of hydrogen-bond donors (Lipinski definition) is 2. The summed E-state index contributed by atoms with van der Waals surface area (Å²) in [5, 5.41) is 10.8. The van der Waals surface area contributed by atoms with Gasteiger partial charge in [-0.2, -0.15) is 5.10 Å². The second kappa shape index (κ2) is 11.4. The third-order valence-electron chi connectivity index (χ3n) is 4.09. The van der Waals surface area contributed by atoms with Gasteiger partial charge in [0.2, 0.25) is 0 Å². The lowest BCUT2D eigenvalue weighted by Crippen LogP contribution is -2.38. The quantitative estimate of drug-likeness (QED) is 0.298. The van der Waals surface area contributed by atoms with Crippen LogP contribution in [0.4, 0.5) is 4.39 Å². The SMILES string of the molecule is CCNC(=NCc1ccc(-n2cccn2)cc1)NCCc1ccc(F)cc1.I. The molecule has 0 bridgehead atoms. The van der Waals surface area contributed by atoms with E-state index in [-0.39, 0.29) is 29.8 Å². The maximum Gasteiger partial charge on any atom is 0.191 e. The summed E-state index contributed by atoms with van der Waals surface area (Å²) in [4.78, 5) is 4.63. The van der Waals surface area contributed by atoms with Crippen molar-refractivity contribution in [2.24, 2.45) is 4.99 Å². The molecule has 0 aliphatic carbocycles. The Bertz CT molecular complexity index is 846. The van der Waals surface area contributed by atoms with Gasteiger partial charge in [0.15, 0.2) is 5.96 Å². The first-order valence-corrected chi connectivity index (χ1v) is 9.10. The third-order valence-corrected chi connectivity index (χ3v) is 4.09. The van der Waals surface area contributed by atoms with Crippen LogP contribution in [0.2, 0.25) is 0 Å². The van der Waals surface area contributed by atoms with Crippen LogP contribution in [0.3, 0.4) is 0 Å². The van der Waals surface area contributed by atoms with E-state index >= 15 is 0 Å². The molecule has 3 aromatic rings. The molecule has 0 amide bonds. The molecule has 0 aliphatic heterocycles. The fourth-order valence-electron chi connectivity index (χ4n) is 2.66. The first kappa shape index (κ1) is 21.9. The van der Waals surface area contributed by atoms with Crippen molar-refractivity contribution in [1.82, 2.24) is 20.4 Å². The number of nitrogens with one attached hydrogen (secondary N) is 2. The largest absolute Gasteiger partial charge is 0.357 e. The van der Waals surface area contributed by atoms with Crippen LogP contribution in [0.25, 0.3) is 5.69 Å². The van der Waals surface area contributed by atoms with Crippen molar-refractivity contribution in [3.05, 3.63) is 83.9 Å². The zero-order valence-corrected chi connectivity index (χ0v) is 18.1. The minimum atomic E-state index is -0.208. The molecule has 0 radical (unpaired) electrons. The number of hydrogen-bond acceptors (Lipinski definition) is 2. The summed E-state index contributed by atoms with van der Waals surface area (Å²) in [6.07, 6.45) is 4.49. The molecule has 0 saturated heterocycles. The van der Waals surface area contributed by atoms with Crippen LogP contribution in [0, 0.1) is 5.82 Å². The smallest absolute Gasteiger partial charge is 0.191 e. The van der Waals surface area contributed by atoms with Crippen LogP contribution < -0.4 is 10.6 Å². The molecule has 5 nitrogen and oxygen atoms in total. The van der Waals surface area contributed by atoms with Gasteiger partial charge in [-0.15, -0.1) is 24.0 Å². The van der Waals surface area contributed by atoms with E-state index in [4.69, 9.17) is 0 Å². The minimum Gasteiger partial charge on any atom is -0.357 e. The van der Waals surface area contributed by atoms with E-state index in [1.807, 2.05) is 48.1 Å². The Labute approximate surface area is 182 Å². The van der Waals surface area contributed by atoms with Gasteiger partial charge in [-0.05, 0) is 54.8 Å². The van der Waals surface area contributed by atoms with Gasteiger partial charge in [0.25, 0.3) is 0 Å². The fraction of sp³-hybridized carbons (Fsp3) is 0.238. The van der Waals surface area contributed by atoms with Gasteiger partial charge < -0.3 is 10.6 Å². The maximum atomic E-state index is 13.0. The lowest BCUT2D eigenvalue weighted by Gasteiger charge is -2.11. The molecule has 148 valence electrons. The Kier molecular flexibility index (Phi) is 8.93. The summed E-state index contributed by atoms with van der Waals surface area (Å²) in [5.74, 6) is 0.566. The monoisotopic (exact) mass is 493 g/mol. The van der Waals surface area contributed by atoms with Crippen LogP contribution in [0.5, 0.6) is 0 Å². The van der Waals surface area contributed by atoms with Gasteiger partial charge in [-0.3, -0.25) is 0 Å². The Morgan fingerprint density at radius 1 is 1.04 bits per heavy atom. The normalized spacial score (nSPS) is 11.0. The van der Waals surface area contributed by atoms with Gasteiger partial charge in [-0.25, -0.2) is 14.1 Å². The maximum absolute atomic E-state index is 13.0. The summed E-state index contributed by atoms with van der Waals surface area (Å²) in [5.41, 5.74) is 3.24. The fourth-order valence-corrected chi connectivity index (χ4v) is 2.66. The van der Waals surface area contributed by atoms with Crippen LogP contribution >= 0.6 is 24.0 Å². The Morgan fingerprint density at radius 2 is 1.75 bits per heavy atom. The lowest BCUT2D eigenvalue weighted by atomic mass is 10.1.